The van der Waals surface area contributed by atoms with E-state index in [1.807, 2.05) is 0 Å². The second-order valence-corrected chi connectivity index (χ2v) is 2.57. The van der Waals surface area contributed by atoms with Gasteiger partial charge in [-0.2, -0.15) is 0 Å². The van der Waals surface area contributed by atoms with E-state index in [1.54, 1.807) is 0 Å². The predicted octanol–water partition coefficient (Wildman–Crippen LogP) is 2.71. The number of hydrogen-bond acceptors (Lipinski definition) is 2. The molecule has 2 nitrogen and oxygen atoms in total. The molecule has 0 unspecified atom stereocenters. The maximum absolute atomic E-state index is 11.8. The molecule has 1 aromatic rings. The lowest BCUT2D eigenvalue weighted by molar-refractivity contribution is -0.274. The molecule has 1 rings (SSSR count). The summed E-state index contributed by atoms with van der Waals surface area (Å²) in [5.41, 5.74) is 0.431. The molecule has 0 saturated carbocycles. The number of benzene rings is 1. The van der Waals surface area contributed by atoms with Crippen LogP contribution >= 0.6 is 0 Å². The van der Waals surface area contributed by atoms with Gasteiger partial charge in [0.2, 0.25) is 6.29 Å². The van der Waals surface area contributed by atoms with Crippen LogP contribution in [0.15, 0.2) is 30.3 Å². The zero-order valence-corrected chi connectivity index (χ0v) is 7.41. The first kappa shape index (κ1) is 11.3. The first-order valence-electron chi connectivity index (χ1n) is 3.91. The van der Waals surface area contributed by atoms with Crippen molar-refractivity contribution in [2.24, 2.45) is 0 Å². The summed E-state index contributed by atoms with van der Waals surface area (Å²) in [4.78, 5) is 9.87. The molecule has 0 spiro atoms. The number of rotatable bonds is 3. The van der Waals surface area contributed by atoms with Gasteiger partial charge in [-0.25, -0.2) is 0 Å². The highest BCUT2D eigenvalue weighted by molar-refractivity contribution is 5.74. The first-order valence-corrected chi connectivity index (χ1v) is 3.91. The minimum absolute atomic E-state index is 0.324. The van der Waals surface area contributed by atoms with Crippen LogP contribution in [0.2, 0.25) is 0 Å². The highest BCUT2D eigenvalue weighted by Gasteiger charge is 2.30. The molecular formula is C10H6F3O2. The molecule has 79 valence electrons. The Bertz CT molecular complexity index is 369. The van der Waals surface area contributed by atoms with Crippen molar-refractivity contribution in [2.75, 3.05) is 0 Å². The fraction of sp³-hybridized carbons (Fsp3) is 0.100. The van der Waals surface area contributed by atoms with Crippen LogP contribution in [-0.4, -0.2) is 12.6 Å². The lowest BCUT2D eigenvalue weighted by Crippen LogP contribution is -2.17. The molecule has 0 atom stereocenters. The summed E-state index contributed by atoms with van der Waals surface area (Å²) in [6, 6.07) is 5.28. The van der Waals surface area contributed by atoms with E-state index in [2.05, 4.69) is 4.74 Å². The molecule has 0 bridgehead atoms. The maximum atomic E-state index is 11.8. The monoisotopic (exact) mass is 215 g/mol. The summed E-state index contributed by atoms with van der Waals surface area (Å²) in [5, 5.41) is 0. The fourth-order valence-corrected chi connectivity index (χ4v) is 0.946. The van der Waals surface area contributed by atoms with Gasteiger partial charge >= 0.3 is 6.36 Å². The fourth-order valence-electron chi connectivity index (χ4n) is 0.946. The van der Waals surface area contributed by atoms with Gasteiger partial charge in [-0.05, 0) is 23.8 Å². The number of alkyl halides is 3. The topological polar surface area (TPSA) is 26.3 Å². The lowest BCUT2D eigenvalue weighted by Gasteiger charge is -2.08. The van der Waals surface area contributed by atoms with Gasteiger partial charge in [0.15, 0.2) is 0 Å². The molecule has 1 radical (unpaired) electrons. The van der Waals surface area contributed by atoms with Crippen molar-refractivity contribution < 1.29 is 22.7 Å². The zero-order valence-electron chi connectivity index (χ0n) is 7.41. The van der Waals surface area contributed by atoms with Crippen LogP contribution < -0.4 is 4.74 Å². The van der Waals surface area contributed by atoms with Crippen LogP contribution in [0.4, 0.5) is 13.2 Å². The molecule has 1 aromatic carbocycles. The highest BCUT2D eigenvalue weighted by Crippen LogP contribution is 2.23. The number of carbonyl (C=O) groups excluding carboxylic acids is 1. The average Bonchev–Trinajstić information content (AvgIpc) is 2.12. The van der Waals surface area contributed by atoms with E-state index in [1.165, 1.54) is 36.6 Å². The Hall–Kier alpha value is -1.78. The van der Waals surface area contributed by atoms with E-state index in [0.717, 1.165) is 6.08 Å². The molecule has 5 heteroatoms. The summed E-state index contributed by atoms with van der Waals surface area (Å²) < 4.78 is 39.2. The van der Waals surface area contributed by atoms with Crippen LogP contribution in [0.5, 0.6) is 5.75 Å². The Balaban J connectivity index is 2.83. The normalized spacial score (nSPS) is 11.7. The maximum Gasteiger partial charge on any atom is 0.573 e. The van der Waals surface area contributed by atoms with Gasteiger partial charge in [0, 0.05) is 0 Å². The highest BCUT2D eigenvalue weighted by atomic mass is 19.4. The van der Waals surface area contributed by atoms with Crippen LogP contribution in [0, 0.1) is 0 Å². The standard InChI is InChI=1S/C10H6F3O2/c11-10(12,13)15-9-5-1-3-8(7-9)4-2-6-14/h1-5,7H/b4-2+. The van der Waals surface area contributed by atoms with Crippen molar-refractivity contribution in [1.82, 2.24) is 0 Å². The number of ether oxygens (including phenoxy) is 1. The summed E-state index contributed by atoms with van der Waals surface area (Å²) >= 11 is 0. The van der Waals surface area contributed by atoms with E-state index in [-0.39, 0.29) is 5.75 Å². The van der Waals surface area contributed by atoms with Crippen molar-refractivity contribution in [3.63, 3.8) is 0 Å². The first-order chi connectivity index (χ1) is 7.01. The molecule has 0 aliphatic carbocycles. The van der Waals surface area contributed by atoms with Gasteiger partial charge in [0.05, 0.1) is 0 Å². The largest absolute Gasteiger partial charge is 0.573 e. The number of hydrogen-bond donors (Lipinski definition) is 0. The van der Waals surface area contributed by atoms with Gasteiger partial charge in [0.1, 0.15) is 5.75 Å². The quantitative estimate of drug-likeness (QED) is 0.724. The lowest BCUT2D eigenvalue weighted by atomic mass is 10.2. The SMILES string of the molecule is O=[C]/C=C/c1cccc(OC(F)(F)F)c1. The van der Waals surface area contributed by atoms with Gasteiger partial charge in [0.25, 0.3) is 0 Å². The van der Waals surface area contributed by atoms with Gasteiger partial charge in [-0.15, -0.1) is 13.2 Å². The molecule has 0 aromatic heterocycles. The molecule has 15 heavy (non-hydrogen) atoms. The van der Waals surface area contributed by atoms with Crippen LogP contribution in [0.25, 0.3) is 6.08 Å². The van der Waals surface area contributed by atoms with Crippen LogP contribution in [-0.2, 0) is 4.79 Å². The molecule has 0 fully saturated rings. The van der Waals surface area contributed by atoms with Gasteiger partial charge < -0.3 is 4.74 Å². The van der Waals surface area contributed by atoms with Crippen LogP contribution in [0.1, 0.15) is 5.56 Å². The van der Waals surface area contributed by atoms with E-state index >= 15 is 0 Å². The molecular weight excluding hydrogens is 209 g/mol. The molecule has 0 aliphatic rings. The third kappa shape index (κ3) is 4.30. The molecule has 0 saturated heterocycles. The molecule has 0 heterocycles. The Morgan fingerprint density at radius 2 is 2.07 bits per heavy atom. The third-order valence-electron chi connectivity index (χ3n) is 1.44. The zero-order chi connectivity index (χ0) is 11.3. The predicted molar refractivity (Wildman–Crippen MR) is 47.9 cm³/mol. The van der Waals surface area contributed by atoms with E-state index in [0.29, 0.717) is 5.56 Å². The summed E-state index contributed by atoms with van der Waals surface area (Å²) in [6.45, 7) is 0. The Labute approximate surface area is 84.0 Å². The molecule has 0 N–H and O–H groups in total. The minimum atomic E-state index is -4.71. The Kier molecular flexibility index (Phi) is 3.49. The van der Waals surface area contributed by atoms with Crippen molar-refractivity contribution >= 4 is 12.4 Å². The Morgan fingerprint density at radius 3 is 2.67 bits per heavy atom. The number of allylic oxidation sites excluding steroid dienone is 1. The van der Waals surface area contributed by atoms with Crippen molar-refractivity contribution in [1.29, 1.82) is 0 Å². The second-order valence-electron chi connectivity index (χ2n) is 2.57. The number of halogens is 3. The van der Waals surface area contributed by atoms with Gasteiger partial charge in [-0.1, -0.05) is 18.2 Å². The minimum Gasteiger partial charge on any atom is -0.406 e. The molecule has 0 amide bonds. The summed E-state index contributed by atoms with van der Waals surface area (Å²) in [6.07, 6.45) is -0.827. The summed E-state index contributed by atoms with van der Waals surface area (Å²) in [7, 11) is 0. The van der Waals surface area contributed by atoms with Gasteiger partial charge in [-0.3, -0.25) is 4.79 Å². The van der Waals surface area contributed by atoms with E-state index < -0.39 is 6.36 Å². The van der Waals surface area contributed by atoms with Crippen molar-refractivity contribution in [3.8, 4) is 5.75 Å². The Morgan fingerprint density at radius 1 is 1.33 bits per heavy atom. The summed E-state index contributed by atoms with van der Waals surface area (Å²) in [5.74, 6) is -0.324. The van der Waals surface area contributed by atoms with E-state index in [4.69, 9.17) is 0 Å². The average molecular weight is 215 g/mol. The van der Waals surface area contributed by atoms with Crippen molar-refractivity contribution in [2.45, 2.75) is 6.36 Å². The second kappa shape index (κ2) is 4.63. The van der Waals surface area contributed by atoms with E-state index in [9.17, 15) is 18.0 Å². The van der Waals surface area contributed by atoms with Crippen molar-refractivity contribution in [3.05, 3.63) is 35.9 Å². The van der Waals surface area contributed by atoms with Crippen LogP contribution in [0.3, 0.4) is 0 Å². The molecule has 0 aliphatic heterocycles. The smallest absolute Gasteiger partial charge is 0.406 e. The third-order valence-corrected chi connectivity index (χ3v) is 1.44.